The van der Waals surface area contributed by atoms with Crippen molar-refractivity contribution < 1.29 is 23.8 Å². The van der Waals surface area contributed by atoms with E-state index in [1.165, 1.54) is 6.20 Å². The van der Waals surface area contributed by atoms with Crippen molar-refractivity contribution in [3.8, 4) is 0 Å². The van der Waals surface area contributed by atoms with E-state index in [-0.39, 0.29) is 23.2 Å². The Balaban J connectivity index is 1.82. The number of aromatic carboxylic acids is 1. The number of aromatic nitrogens is 1. The van der Waals surface area contributed by atoms with E-state index >= 15 is 4.39 Å². The van der Waals surface area contributed by atoms with Crippen LogP contribution >= 0.6 is 0 Å². The third kappa shape index (κ3) is 3.33. The molecule has 34 heavy (non-hydrogen) atoms. The van der Waals surface area contributed by atoms with Gasteiger partial charge in [-0.2, -0.15) is 0 Å². The SMILES string of the molecule is COC1C(C)C(=O)C2(c3cccnc3C(=O)O)C(C1Nc1ccc([Si](C)(C)C)cc1F)C2(C)C. The van der Waals surface area contributed by atoms with Crippen LogP contribution in [-0.2, 0) is 14.9 Å². The van der Waals surface area contributed by atoms with Crippen molar-refractivity contribution in [2.45, 2.75) is 58.0 Å². The standard InChI is InChI=1S/C26H33FN2O4Si/c1-14-21(33-4)20(29-18-11-10-15(13-17(18)27)34(5,6)7)22-25(2,3)26(22,23(14)30)16-9-8-12-28-19(16)24(31)32/h8-14,20-22,29H,1-7H3,(H,31,32). The molecule has 2 N–H and O–H groups in total. The predicted molar refractivity (Wildman–Crippen MR) is 132 cm³/mol. The highest BCUT2D eigenvalue weighted by Gasteiger charge is 2.82. The third-order valence-electron chi connectivity index (χ3n) is 8.05. The second-order valence-corrected chi connectivity index (χ2v) is 16.3. The van der Waals surface area contributed by atoms with Crippen LogP contribution in [0.3, 0.4) is 0 Å². The van der Waals surface area contributed by atoms with E-state index in [4.69, 9.17) is 4.74 Å². The number of nitrogens with zero attached hydrogens (tertiary/aromatic N) is 1. The topological polar surface area (TPSA) is 88.5 Å². The molecule has 6 nitrogen and oxygen atoms in total. The number of carboxylic acid groups (broad SMARTS) is 1. The molecule has 2 aliphatic carbocycles. The summed E-state index contributed by atoms with van der Waals surface area (Å²) in [7, 11) is -0.123. The summed E-state index contributed by atoms with van der Waals surface area (Å²) in [5.74, 6) is -2.38. The fourth-order valence-corrected chi connectivity index (χ4v) is 7.48. The number of nitrogens with one attached hydrogen (secondary N) is 1. The number of carbonyl (C=O) groups is 2. The quantitative estimate of drug-likeness (QED) is 0.601. The molecule has 182 valence electrons. The molecule has 0 spiro atoms. The number of methoxy groups -OCH3 is 1. The highest BCUT2D eigenvalue weighted by molar-refractivity contribution is 6.88. The first-order valence-electron chi connectivity index (χ1n) is 11.6. The molecular formula is C26H33FN2O4Si. The molecule has 0 bridgehead atoms. The third-order valence-corrected chi connectivity index (χ3v) is 10.1. The first kappa shape index (κ1) is 24.5. The van der Waals surface area contributed by atoms with Crippen molar-refractivity contribution in [3.05, 3.63) is 53.6 Å². The van der Waals surface area contributed by atoms with Gasteiger partial charge < -0.3 is 15.2 Å². The number of anilines is 1. The Hall–Kier alpha value is -2.58. The van der Waals surface area contributed by atoms with E-state index in [2.05, 4.69) is 29.9 Å². The van der Waals surface area contributed by atoms with Crippen molar-refractivity contribution in [1.82, 2.24) is 4.98 Å². The van der Waals surface area contributed by atoms with Crippen molar-refractivity contribution in [3.63, 3.8) is 0 Å². The Morgan fingerprint density at radius 1 is 1.24 bits per heavy atom. The molecule has 2 fully saturated rings. The molecule has 1 heterocycles. The summed E-state index contributed by atoms with van der Waals surface area (Å²) in [6.45, 7) is 12.2. The minimum absolute atomic E-state index is 0.0579. The van der Waals surface area contributed by atoms with Gasteiger partial charge in [-0.15, -0.1) is 0 Å². The molecule has 1 aromatic carbocycles. The molecule has 4 rings (SSSR count). The van der Waals surface area contributed by atoms with E-state index in [0.717, 1.165) is 5.19 Å². The van der Waals surface area contributed by atoms with Crippen LogP contribution in [-0.4, -0.2) is 49.2 Å². The van der Waals surface area contributed by atoms with Gasteiger partial charge in [0, 0.05) is 25.1 Å². The number of ketones is 1. The van der Waals surface area contributed by atoms with Gasteiger partial charge in [0.15, 0.2) is 5.69 Å². The zero-order valence-electron chi connectivity index (χ0n) is 20.8. The highest BCUT2D eigenvalue weighted by atomic mass is 28.3. The maximum Gasteiger partial charge on any atom is 0.354 e. The van der Waals surface area contributed by atoms with Crippen LogP contribution < -0.4 is 10.5 Å². The highest BCUT2D eigenvalue weighted by Crippen LogP contribution is 2.75. The lowest BCUT2D eigenvalue weighted by atomic mass is 9.71. The second-order valence-electron chi connectivity index (χ2n) is 11.2. The molecule has 2 aromatic rings. The number of hydrogen-bond acceptors (Lipinski definition) is 5. The Kier molecular flexibility index (Phi) is 5.76. The number of benzene rings is 1. The van der Waals surface area contributed by atoms with Crippen molar-refractivity contribution in [2.75, 3.05) is 12.4 Å². The van der Waals surface area contributed by atoms with Crippen LogP contribution in [0.15, 0.2) is 36.5 Å². The van der Waals surface area contributed by atoms with E-state index in [1.54, 1.807) is 38.3 Å². The first-order chi connectivity index (χ1) is 15.8. The Labute approximate surface area is 200 Å². The molecule has 0 saturated heterocycles. The van der Waals surface area contributed by atoms with Crippen molar-refractivity contribution in [1.29, 1.82) is 0 Å². The number of rotatable bonds is 6. The Bertz CT molecular complexity index is 1160. The monoisotopic (exact) mass is 484 g/mol. The van der Waals surface area contributed by atoms with Crippen LogP contribution in [0.4, 0.5) is 10.1 Å². The summed E-state index contributed by atoms with van der Waals surface area (Å²) < 4.78 is 21.0. The number of Topliss-reactive ketones (excluding diaryl/α,β-unsaturated/α-hetero) is 1. The summed E-state index contributed by atoms with van der Waals surface area (Å²) >= 11 is 0. The summed E-state index contributed by atoms with van der Waals surface area (Å²) in [6, 6.07) is 8.28. The fourth-order valence-electron chi connectivity index (χ4n) is 6.34. The molecule has 0 amide bonds. The number of pyridine rings is 1. The molecule has 2 aliphatic rings. The maximum atomic E-state index is 15.2. The Morgan fingerprint density at radius 3 is 2.47 bits per heavy atom. The molecule has 5 atom stereocenters. The van der Waals surface area contributed by atoms with Gasteiger partial charge in [0.2, 0.25) is 0 Å². The first-order valence-corrected chi connectivity index (χ1v) is 15.1. The normalized spacial score (nSPS) is 29.9. The van der Waals surface area contributed by atoms with Gasteiger partial charge in [-0.1, -0.05) is 57.7 Å². The molecule has 1 aromatic heterocycles. The molecule has 8 heteroatoms. The van der Waals surface area contributed by atoms with E-state index in [1.807, 2.05) is 19.9 Å². The number of halogens is 1. The molecular weight excluding hydrogens is 451 g/mol. The maximum absolute atomic E-state index is 15.2. The van der Waals surface area contributed by atoms with Crippen LogP contribution in [0, 0.1) is 23.1 Å². The second kappa shape index (κ2) is 7.98. The number of fused-ring (bicyclic) bond motifs is 1. The van der Waals surface area contributed by atoms with E-state index in [9.17, 15) is 14.7 Å². The summed E-state index contributed by atoms with van der Waals surface area (Å²) in [5.41, 5.74) is -0.956. The van der Waals surface area contributed by atoms with Gasteiger partial charge >= 0.3 is 5.97 Å². The minimum Gasteiger partial charge on any atom is -0.477 e. The minimum atomic E-state index is -1.68. The molecule has 5 unspecified atom stereocenters. The zero-order chi connectivity index (χ0) is 25.2. The average molecular weight is 485 g/mol. The van der Waals surface area contributed by atoms with Gasteiger partial charge in [-0.05, 0) is 29.2 Å². The van der Waals surface area contributed by atoms with Crippen LogP contribution in [0.5, 0.6) is 0 Å². The lowest BCUT2D eigenvalue weighted by Gasteiger charge is -2.39. The smallest absolute Gasteiger partial charge is 0.354 e. The van der Waals surface area contributed by atoms with Crippen molar-refractivity contribution >= 4 is 30.7 Å². The van der Waals surface area contributed by atoms with Gasteiger partial charge in [-0.25, -0.2) is 14.2 Å². The molecule has 0 radical (unpaired) electrons. The van der Waals surface area contributed by atoms with Crippen LogP contribution in [0.2, 0.25) is 19.6 Å². The van der Waals surface area contributed by atoms with Crippen LogP contribution in [0.1, 0.15) is 36.8 Å². The largest absolute Gasteiger partial charge is 0.477 e. The van der Waals surface area contributed by atoms with Crippen LogP contribution in [0.25, 0.3) is 0 Å². The van der Waals surface area contributed by atoms with E-state index < -0.39 is 42.9 Å². The van der Waals surface area contributed by atoms with Crippen molar-refractivity contribution in [2.24, 2.45) is 17.3 Å². The predicted octanol–water partition coefficient (Wildman–Crippen LogP) is 4.07. The summed E-state index contributed by atoms with van der Waals surface area (Å²) in [5, 5.41) is 14.2. The zero-order valence-corrected chi connectivity index (χ0v) is 21.8. The lowest BCUT2D eigenvalue weighted by molar-refractivity contribution is -0.133. The van der Waals surface area contributed by atoms with E-state index in [0.29, 0.717) is 11.3 Å². The van der Waals surface area contributed by atoms with Gasteiger partial charge in [-0.3, -0.25) is 4.79 Å². The van der Waals surface area contributed by atoms with Gasteiger partial charge in [0.25, 0.3) is 0 Å². The number of ether oxygens (including phenoxy) is 1. The molecule has 2 saturated carbocycles. The molecule has 0 aliphatic heterocycles. The number of hydrogen-bond donors (Lipinski definition) is 2. The lowest BCUT2D eigenvalue weighted by Crippen LogP contribution is -2.53. The average Bonchev–Trinajstić information content (AvgIpc) is 3.29. The summed E-state index contributed by atoms with van der Waals surface area (Å²) in [4.78, 5) is 30.0. The number of carbonyl (C=O) groups excluding carboxylic acids is 1. The summed E-state index contributed by atoms with van der Waals surface area (Å²) in [6.07, 6.45) is 0.932. The Morgan fingerprint density at radius 2 is 1.91 bits per heavy atom. The van der Waals surface area contributed by atoms with Gasteiger partial charge in [0.05, 0.1) is 31.3 Å². The number of carboxylic acids is 1. The fraction of sp³-hybridized carbons (Fsp3) is 0.500. The van der Waals surface area contributed by atoms with Gasteiger partial charge in [0.1, 0.15) is 11.6 Å².